The smallest absolute Gasteiger partial charge is 0.126 e. The summed E-state index contributed by atoms with van der Waals surface area (Å²) in [6.07, 6.45) is 0.897. The molecule has 1 aliphatic carbocycles. The fourth-order valence-electron chi connectivity index (χ4n) is 2.03. The Labute approximate surface area is 91.6 Å². The molecule has 76 valence electrons. The van der Waals surface area contributed by atoms with Gasteiger partial charge in [-0.15, -0.1) is 0 Å². The fourth-order valence-corrected chi connectivity index (χ4v) is 2.41. The third kappa shape index (κ3) is 1.59. The van der Waals surface area contributed by atoms with Gasteiger partial charge in [-0.2, -0.15) is 0 Å². The van der Waals surface area contributed by atoms with Crippen molar-refractivity contribution in [3.63, 3.8) is 0 Å². The van der Waals surface area contributed by atoms with Crippen LogP contribution in [0.15, 0.2) is 22.7 Å². The van der Waals surface area contributed by atoms with Gasteiger partial charge in [0.1, 0.15) is 5.82 Å². The van der Waals surface area contributed by atoms with Crippen LogP contribution in [-0.4, -0.2) is 6.04 Å². The molecule has 0 saturated heterocycles. The van der Waals surface area contributed by atoms with Crippen molar-refractivity contribution in [1.82, 2.24) is 0 Å². The van der Waals surface area contributed by atoms with Gasteiger partial charge in [0, 0.05) is 10.5 Å². The van der Waals surface area contributed by atoms with E-state index in [2.05, 4.69) is 22.9 Å². The van der Waals surface area contributed by atoms with Crippen LogP contribution in [0.25, 0.3) is 0 Å². The molecule has 3 heteroatoms. The molecule has 1 aliphatic rings. The molecule has 2 N–H and O–H groups in total. The predicted octanol–water partition coefficient (Wildman–Crippen LogP) is 3.04. The Hall–Kier alpha value is -0.410. The van der Waals surface area contributed by atoms with Gasteiger partial charge < -0.3 is 5.73 Å². The van der Waals surface area contributed by atoms with Crippen molar-refractivity contribution in [1.29, 1.82) is 0 Å². The third-order valence-corrected chi connectivity index (χ3v) is 3.69. The van der Waals surface area contributed by atoms with Gasteiger partial charge in [0.25, 0.3) is 0 Å². The van der Waals surface area contributed by atoms with Gasteiger partial charge in [0.2, 0.25) is 0 Å². The second-order valence-electron chi connectivity index (χ2n) is 4.03. The number of hydrogen-bond acceptors (Lipinski definition) is 1. The highest BCUT2D eigenvalue weighted by atomic mass is 79.9. The van der Waals surface area contributed by atoms with Gasteiger partial charge in [-0.25, -0.2) is 4.39 Å². The average Bonchev–Trinajstić information content (AvgIpc) is 2.18. The van der Waals surface area contributed by atoms with Crippen molar-refractivity contribution in [2.75, 3.05) is 0 Å². The molecule has 1 aromatic carbocycles. The van der Waals surface area contributed by atoms with Crippen LogP contribution in [-0.2, 0) is 0 Å². The number of rotatable bonds is 1. The third-order valence-electron chi connectivity index (χ3n) is 3.19. The van der Waals surface area contributed by atoms with Crippen molar-refractivity contribution in [2.24, 2.45) is 11.7 Å². The molecular formula is C11H13BrFN. The lowest BCUT2D eigenvalue weighted by molar-refractivity contribution is 0.222. The standard InChI is InChI=1S/C11H13BrFN/c1-6-8(5-11(6)14)9-4-7(12)2-3-10(9)13/h2-4,6,8,11H,5,14H2,1H3. The van der Waals surface area contributed by atoms with Crippen molar-refractivity contribution in [3.05, 3.63) is 34.1 Å². The van der Waals surface area contributed by atoms with Crippen molar-refractivity contribution >= 4 is 15.9 Å². The Morgan fingerprint density at radius 3 is 2.79 bits per heavy atom. The van der Waals surface area contributed by atoms with E-state index in [1.54, 1.807) is 6.07 Å². The molecule has 3 atom stereocenters. The molecule has 0 spiro atoms. The molecule has 0 aliphatic heterocycles. The first-order valence-electron chi connectivity index (χ1n) is 4.80. The van der Waals surface area contributed by atoms with Crippen molar-refractivity contribution in [3.8, 4) is 0 Å². The van der Waals surface area contributed by atoms with E-state index in [9.17, 15) is 4.39 Å². The minimum atomic E-state index is -0.114. The molecule has 3 unspecified atom stereocenters. The summed E-state index contributed by atoms with van der Waals surface area (Å²) >= 11 is 3.36. The van der Waals surface area contributed by atoms with Crippen LogP contribution in [0.1, 0.15) is 24.8 Å². The molecule has 0 heterocycles. The first-order valence-corrected chi connectivity index (χ1v) is 5.59. The summed E-state index contributed by atoms with van der Waals surface area (Å²) < 4.78 is 14.4. The normalized spacial score (nSPS) is 31.3. The van der Waals surface area contributed by atoms with Crippen LogP contribution in [0, 0.1) is 11.7 Å². The molecule has 1 nitrogen and oxygen atoms in total. The summed E-state index contributed by atoms with van der Waals surface area (Å²) in [4.78, 5) is 0. The number of nitrogens with two attached hydrogens (primary N) is 1. The molecule has 0 aromatic heterocycles. The maximum absolute atomic E-state index is 13.5. The molecule has 1 saturated carbocycles. The number of benzene rings is 1. The minimum absolute atomic E-state index is 0.114. The van der Waals surface area contributed by atoms with E-state index in [4.69, 9.17) is 5.73 Å². The lowest BCUT2D eigenvalue weighted by Gasteiger charge is -2.41. The fraction of sp³-hybridized carbons (Fsp3) is 0.455. The molecule has 2 rings (SSSR count). The Kier molecular flexibility index (Phi) is 2.62. The average molecular weight is 258 g/mol. The van der Waals surface area contributed by atoms with Gasteiger partial charge in [-0.1, -0.05) is 22.9 Å². The van der Waals surface area contributed by atoms with Crippen LogP contribution >= 0.6 is 15.9 Å². The van der Waals surface area contributed by atoms with Gasteiger partial charge in [-0.3, -0.25) is 0 Å². The molecule has 1 aromatic rings. The van der Waals surface area contributed by atoms with E-state index in [0.29, 0.717) is 11.8 Å². The topological polar surface area (TPSA) is 26.0 Å². The van der Waals surface area contributed by atoms with E-state index in [1.165, 1.54) is 6.07 Å². The highest BCUT2D eigenvalue weighted by Crippen LogP contribution is 2.42. The van der Waals surface area contributed by atoms with E-state index in [-0.39, 0.29) is 11.9 Å². The summed E-state index contributed by atoms with van der Waals surface area (Å²) in [6.45, 7) is 2.08. The van der Waals surface area contributed by atoms with Gasteiger partial charge in [-0.05, 0) is 42.0 Å². The van der Waals surface area contributed by atoms with Crippen LogP contribution in [0.4, 0.5) is 4.39 Å². The summed E-state index contributed by atoms with van der Waals surface area (Å²) in [5, 5.41) is 0. The zero-order valence-corrected chi connectivity index (χ0v) is 9.59. The van der Waals surface area contributed by atoms with Gasteiger partial charge >= 0.3 is 0 Å². The Balaban J connectivity index is 2.28. The Bertz CT molecular complexity index is 353. The lowest BCUT2D eigenvalue weighted by atomic mass is 9.67. The summed E-state index contributed by atoms with van der Waals surface area (Å²) in [5.41, 5.74) is 6.60. The predicted molar refractivity (Wildman–Crippen MR) is 58.6 cm³/mol. The maximum atomic E-state index is 13.5. The molecule has 0 amide bonds. The van der Waals surface area contributed by atoms with Crippen LogP contribution in [0.2, 0.25) is 0 Å². The Morgan fingerprint density at radius 2 is 2.21 bits per heavy atom. The SMILES string of the molecule is CC1C(N)CC1c1cc(Br)ccc1F. The first kappa shape index (κ1) is 10.1. The van der Waals surface area contributed by atoms with Gasteiger partial charge in [0.05, 0.1) is 0 Å². The number of hydrogen-bond donors (Lipinski definition) is 1. The largest absolute Gasteiger partial charge is 0.327 e. The quantitative estimate of drug-likeness (QED) is 0.823. The summed E-state index contributed by atoms with van der Waals surface area (Å²) in [7, 11) is 0. The van der Waals surface area contributed by atoms with E-state index in [0.717, 1.165) is 16.5 Å². The first-order chi connectivity index (χ1) is 6.59. The lowest BCUT2D eigenvalue weighted by Crippen LogP contribution is -2.44. The highest BCUT2D eigenvalue weighted by Gasteiger charge is 2.37. The summed E-state index contributed by atoms with van der Waals surface area (Å²) in [6, 6.07) is 5.33. The minimum Gasteiger partial charge on any atom is -0.327 e. The molecular weight excluding hydrogens is 245 g/mol. The zero-order chi connectivity index (χ0) is 10.3. The molecule has 0 radical (unpaired) electrons. The van der Waals surface area contributed by atoms with E-state index < -0.39 is 0 Å². The van der Waals surface area contributed by atoms with Gasteiger partial charge in [0.15, 0.2) is 0 Å². The maximum Gasteiger partial charge on any atom is 0.126 e. The molecule has 14 heavy (non-hydrogen) atoms. The monoisotopic (exact) mass is 257 g/mol. The van der Waals surface area contributed by atoms with Crippen LogP contribution < -0.4 is 5.73 Å². The van der Waals surface area contributed by atoms with Crippen LogP contribution in [0.3, 0.4) is 0 Å². The summed E-state index contributed by atoms with van der Waals surface area (Å²) in [5.74, 6) is 0.568. The van der Waals surface area contributed by atoms with Crippen LogP contribution in [0.5, 0.6) is 0 Å². The van der Waals surface area contributed by atoms with Crippen molar-refractivity contribution < 1.29 is 4.39 Å². The second kappa shape index (κ2) is 3.63. The van der Waals surface area contributed by atoms with E-state index in [1.807, 2.05) is 6.07 Å². The van der Waals surface area contributed by atoms with Crippen molar-refractivity contribution in [2.45, 2.75) is 25.3 Å². The Morgan fingerprint density at radius 1 is 1.50 bits per heavy atom. The second-order valence-corrected chi connectivity index (χ2v) is 4.95. The zero-order valence-electron chi connectivity index (χ0n) is 8.00. The molecule has 1 fully saturated rings. The van der Waals surface area contributed by atoms with E-state index >= 15 is 0 Å². The highest BCUT2D eigenvalue weighted by molar-refractivity contribution is 9.10. The number of halogens is 2. The molecule has 0 bridgehead atoms.